The number of nitrogens with one attached hydrogen (secondary N) is 4. The van der Waals surface area contributed by atoms with Gasteiger partial charge in [0.1, 0.15) is 69.6 Å². The highest BCUT2D eigenvalue weighted by atomic mass is 16.5. The lowest BCUT2D eigenvalue weighted by atomic mass is 10.0. The zero-order valence-electron chi connectivity index (χ0n) is 77.9. The highest BCUT2D eigenvalue weighted by molar-refractivity contribution is 6.03. The van der Waals surface area contributed by atoms with Crippen LogP contribution in [0.3, 0.4) is 0 Å². The SMILES string of the molecule is C=C(OC)c1cc(C)c(-c2cc3cc(NC(=O)[C@H]4C[C@@H]4c4cnn(C)c4)ncc3c(N)n2)cn1.C=C1CCN1c1cc(C)c(-c2cc3cc(NC(=O)[C@@H]4C[C@H]4c4cnn(C)c4)ncc3c(N)n2)cn1.C=C1CCN1c1cc(C)c(-c2cc3cc(NC(=O)[C@H]4C[C@@H]4c4cnn(C)c4)ncc3c(N)n2)cn1.Cc1cc(-n2cccn2)ncc1-c1cc2cc(NC(=O)[C@@H]3C[C@H]3c3cnn(C)c3)ncc2c(N)n1. The second kappa shape index (κ2) is 36.4. The molecule has 0 unspecified atom stereocenters. The van der Waals surface area contributed by atoms with Crippen molar-refractivity contribution in [3.8, 4) is 50.8 Å². The van der Waals surface area contributed by atoms with E-state index in [9.17, 15) is 19.2 Å². The number of nitrogens with two attached hydrogens (primary N) is 4. The van der Waals surface area contributed by atoms with Crippen LogP contribution in [-0.4, -0.2) is 153 Å². The molecule has 0 spiro atoms. The number of amides is 4. The first-order valence-corrected chi connectivity index (χ1v) is 45.5. The molecule has 0 bridgehead atoms. The summed E-state index contributed by atoms with van der Waals surface area (Å²) >= 11 is 0. The average Bonchev–Trinajstić information content (AvgIpc) is 1.74. The first-order valence-electron chi connectivity index (χ1n) is 45.5. The number of pyridine rings is 12. The molecule has 37 heteroatoms. The van der Waals surface area contributed by atoms with Crippen LogP contribution in [-0.2, 0) is 52.1 Å². The lowest BCUT2D eigenvalue weighted by Gasteiger charge is -2.34. The van der Waals surface area contributed by atoms with Crippen LogP contribution in [0.4, 0.5) is 58.2 Å². The van der Waals surface area contributed by atoms with E-state index in [4.69, 9.17) is 27.7 Å². The molecule has 698 valence electrons. The molecule has 139 heavy (non-hydrogen) atoms. The van der Waals surface area contributed by atoms with Crippen molar-refractivity contribution in [1.29, 1.82) is 0 Å². The van der Waals surface area contributed by atoms with E-state index in [1.54, 1.807) is 73.9 Å². The Morgan fingerprint density at radius 2 is 0.669 bits per heavy atom. The van der Waals surface area contributed by atoms with Gasteiger partial charge in [-0.25, -0.2) is 59.5 Å². The summed E-state index contributed by atoms with van der Waals surface area (Å²) in [6, 6.07) is 24.9. The molecule has 19 heterocycles. The number of carbonyl (C=O) groups is 4. The number of rotatable bonds is 21. The van der Waals surface area contributed by atoms with Gasteiger partial charge in [-0.2, -0.15) is 25.5 Å². The molecule has 6 fully saturated rings. The van der Waals surface area contributed by atoms with Crippen LogP contribution >= 0.6 is 0 Å². The summed E-state index contributed by atoms with van der Waals surface area (Å²) in [6.45, 7) is 21.9. The molecule has 2 saturated heterocycles. The summed E-state index contributed by atoms with van der Waals surface area (Å²) in [6.07, 6.45) is 37.7. The van der Waals surface area contributed by atoms with Crippen LogP contribution in [0.25, 0.3) is 99.7 Å². The number of fused-ring (bicyclic) bond motifs is 4. The smallest absolute Gasteiger partial charge is 0.229 e. The normalized spacial score (nSPS) is 18.0. The van der Waals surface area contributed by atoms with Crippen LogP contribution in [0.2, 0.25) is 0 Å². The molecule has 4 amide bonds. The van der Waals surface area contributed by atoms with Crippen LogP contribution < -0.4 is 54.0 Å². The van der Waals surface area contributed by atoms with Gasteiger partial charge in [0.2, 0.25) is 23.6 Å². The van der Waals surface area contributed by atoms with Crippen molar-refractivity contribution in [3.05, 3.63) is 272 Å². The summed E-state index contributed by atoms with van der Waals surface area (Å²) in [5.41, 5.74) is 42.7. The van der Waals surface area contributed by atoms with Crippen molar-refractivity contribution < 1.29 is 23.9 Å². The predicted molar refractivity (Wildman–Crippen MR) is 534 cm³/mol. The molecule has 17 aromatic rings. The highest BCUT2D eigenvalue weighted by Gasteiger charge is 2.48. The van der Waals surface area contributed by atoms with Gasteiger partial charge in [0.25, 0.3) is 0 Å². The minimum atomic E-state index is -0.0751. The van der Waals surface area contributed by atoms with Crippen LogP contribution in [0, 0.1) is 51.4 Å². The van der Waals surface area contributed by atoms with E-state index in [2.05, 4.69) is 136 Å². The first kappa shape index (κ1) is 89.5. The van der Waals surface area contributed by atoms with Gasteiger partial charge >= 0.3 is 0 Å². The van der Waals surface area contributed by atoms with Gasteiger partial charge in [0.15, 0.2) is 5.82 Å². The number of aromatic nitrogens is 22. The highest BCUT2D eigenvalue weighted by Crippen LogP contribution is 2.52. The molecule has 17 aromatic heterocycles. The van der Waals surface area contributed by atoms with Crippen molar-refractivity contribution in [1.82, 2.24) is 109 Å². The Morgan fingerprint density at radius 1 is 0.374 bits per heavy atom. The van der Waals surface area contributed by atoms with Crippen LogP contribution in [0.15, 0.2) is 222 Å². The Bertz CT molecular complexity index is 7620. The Labute approximate surface area is 797 Å². The molecule has 37 nitrogen and oxygen atoms in total. The average molecular weight is 1850 g/mol. The van der Waals surface area contributed by atoms with Gasteiger partial charge in [-0.3, -0.25) is 42.9 Å². The maximum atomic E-state index is 12.8. The standard InChI is InChI=1S/2C26H26N8O.C25H23N9O.C25H25N7O2/c2*1-14-6-24(34-5-4-15(34)2)29-11-20(14)22-7-16-8-23(28-12-21(16)25(27)31-22)32-26(35)19-9-18(19)17-10-30-33(3)13-17;1-14-6-23(34-5-3-4-29-34)28-11-19(14)21-7-15-8-22(27-12-20(15)24(26)31-21)32-25(35)18-9-17(18)16-10-30-33(2)13-16;1-13-5-21(14(2)34-4)27-10-19(13)22-6-15-7-23(28-11-20(15)24(26)30-22)31-25(33)18-8-17(18)16-9-29-32(3)12-16/h2*6-8,10-13,18-19H,2,4-5,9H2,1,3H3,(H2,27,31)(H,28,32,35);3-8,10-13,17-18H,9H2,1-2H3,(H2,26,31)(H,27,32,35);5-7,9-12,17-18H,2,8H2,1,3-4H3,(H2,26,30)(H,28,31,33)/t2*18-,19+;2*17-,18+/m1001/s1. The third-order valence-electron chi connectivity index (χ3n) is 26.4. The summed E-state index contributed by atoms with van der Waals surface area (Å²) < 4.78 is 13.9. The number of methoxy groups -OCH3 is 1. The number of hydrogen-bond acceptors (Lipinski definition) is 28. The summed E-state index contributed by atoms with van der Waals surface area (Å²) in [5.74, 6) is 6.89. The van der Waals surface area contributed by atoms with Crippen molar-refractivity contribution in [2.45, 2.75) is 89.9 Å². The number of nitrogen functional groups attached to an aromatic ring is 4. The maximum Gasteiger partial charge on any atom is 0.229 e. The lowest BCUT2D eigenvalue weighted by molar-refractivity contribution is -0.118. The molecule has 0 radical (unpaired) electrons. The zero-order chi connectivity index (χ0) is 96.6. The number of anilines is 10. The van der Waals surface area contributed by atoms with Crippen molar-refractivity contribution in [3.63, 3.8) is 0 Å². The largest absolute Gasteiger partial charge is 0.495 e. The monoisotopic (exact) mass is 1850 g/mol. The number of aryl methyl sites for hydroxylation is 8. The quantitative estimate of drug-likeness (QED) is 0.0310. The lowest BCUT2D eigenvalue weighted by Crippen LogP contribution is -2.34. The van der Waals surface area contributed by atoms with E-state index >= 15 is 0 Å². The third kappa shape index (κ3) is 18.6. The van der Waals surface area contributed by atoms with Gasteiger partial charge in [0.05, 0.1) is 54.7 Å². The molecular weight excluding hydrogens is 1750 g/mol. The van der Waals surface area contributed by atoms with Gasteiger partial charge in [-0.05, 0) is 222 Å². The second-order valence-corrected chi connectivity index (χ2v) is 36.2. The van der Waals surface area contributed by atoms with Gasteiger partial charge < -0.3 is 58.7 Å². The molecule has 4 saturated carbocycles. The Morgan fingerprint density at radius 3 is 0.921 bits per heavy atom. The van der Waals surface area contributed by atoms with Gasteiger partial charge in [0, 0.05) is 220 Å². The fraction of sp³-hybridized carbons (Fsp3) is 0.245. The number of nitrogens with zero attached hydrogens (tertiary/aromatic N) is 24. The summed E-state index contributed by atoms with van der Waals surface area (Å²) in [5, 5.41) is 39.2. The molecular formula is C102H100N32O5. The maximum absolute atomic E-state index is 12.8. The molecule has 8 atom stereocenters. The first-order chi connectivity index (χ1) is 67.0. The van der Waals surface area contributed by atoms with Crippen molar-refractivity contribution in [2.75, 3.05) is 74.2 Å². The van der Waals surface area contributed by atoms with Crippen molar-refractivity contribution in [2.24, 2.45) is 51.9 Å². The van der Waals surface area contributed by atoms with Crippen molar-refractivity contribution >= 4 is 131 Å². The zero-order valence-corrected chi connectivity index (χ0v) is 77.9. The topological polar surface area (TPSA) is 480 Å². The minimum absolute atomic E-state index is 0.0313. The fourth-order valence-corrected chi connectivity index (χ4v) is 18.0. The predicted octanol–water partition coefficient (Wildman–Crippen LogP) is 14.5. The molecule has 23 rings (SSSR count). The molecule has 4 aliphatic carbocycles. The van der Waals surface area contributed by atoms with E-state index in [0.717, 1.165) is 202 Å². The number of hydrogen-bond donors (Lipinski definition) is 8. The summed E-state index contributed by atoms with van der Waals surface area (Å²) in [4.78, 5) is 110. The van der Waals surface area contributed by atoms with E-state index in [0.29, 0.717) is 69.4 Å². The third-order valence-corrected chi connectivity index (χ3v) is 26.4. The summed E-state index contributed by atoms with van der Waals surface area (Å²) in [7, 11) is 9.07. The van der Waals surface area contributed by atoms with E-state index in [1.807, 2.05) is 203 Å². The molecule has 6 aliphatic rings. The number of carbonyl (C=O) groups excluding carboxylic acids is 4. The number of ether oxygens (including phenoxy) is 1. The van der Waals surface area contributed by atoms with E-state index < -0.39 is 0 Å². The second-order valence-electron chi connectivity index (χ2n) is 36.2. The fourth-order valence-electron chi connectivity index (χ4n) is 18.0. The van der Waals surface area contributed by atoms with E-state index in [-0.39, 0.29) is 71.0 Å². The minimum Gasteiger partial charge on any atom is -0.495 e. The molecule has 2 aliphatic heterocycles. The van der Waals surface area contributed by atoms with Gasteiger partial charge in [-0.15, -0.1) is 0 Å². The Hall–Kier alpha value is -17.4. The van der Waals surface area contributed by atoms with Crippen LogP contribution in [0.5, 0.6) is 0 Å². The van der Waals surface area contributed by atoms with E-state index in [1.165, 1.54) is 0 Å². The van der Waals surface area contributed by atoms with Crippen LogP contribution in [0.1, 0.15) is 112 Å². The van der Waals surface area contributed by atoms with Gasteiger partial charge in [-0.1, -0.05) is 19.7 Å². The molecule has 12 N–H and O–H groups in total. The molecule has 0 aromatic carbocycles. The Balaban J connectivity index is 0.000000114. The Kier molecular flexibility index (Phi) is 23.4.